The number of hydrogen-bond acceptors (Lipinski definition) is 3. The summed E-state index contributed by atoms with van der Waals surface area (Å²) in [5.74, 6) is 2.83. The van der Waals surface area contributed by atoms with E-state index < -0.39 is 0 Å². The number of nitrogens with zero attached hydrogens (tertiary/aromatic N) is 2. The molecular weight excluding hydrogens is 190 g/mol. The van der Waals surface area contributed by atoms with Crippen molar-refractivity contribution in [1.29, 1.82) is 0 Å². The quantitative estimate of drug-likeness (QED) is 0.832. The van der Waals surface area contributed by atoms with Crippen LogP contribution in [-0.2, 0) is 20.0 Å². The zero-order valence-electron chi connectivity index (χ0n) is 9.03. The van der Waals surface area contributed by atoms with Crippen molar-refractivity contribution in [3.63, 3.8) is 0 Å². The van der Waals surface area contributed by atoms with E-state index in [4.69, 9.17) is 4.42 Å². The third-order valence-electron chi connectivity index (χ3n) is 2.22. The molecule has 80 valence electrons. The van der Waals surface area contributed by atoms with E-state index in [1.807, 2.05) is 31.4 Å². The molecule has 15 heavy (non-hydrogen) atoms. The molecule has 0 bridgehead atoms. The van der Waals surface area contributed by atoms with Crippen molar-refractivity contribution in [3.05, 3.63) is 35.9 Å². The summed E-state index contributed by atoms with van der Waals surface area (Å²) in [4.78, 5) is 0. The zero-order chi connectivity index (χ0) is 10.7. The van der Waals surface area contributed by atoms with Gasteiger partial charge in [-0.1, -0.05) is 6.92 Å². The molecule has 1 N–H and O–H groups in total. The topological polar surface area (TPSA) is 43.0 Å². The molecule has 4 nitrogen and oxygen atoms in total. The molecule has 0 aliphatic heterocycles. The van der Waals surface area contributed by atoms with Gasteiger partial charge in [-0.2, -0.15) is 5.10 Å². The molecule has 0 aliphatic rings. The van der Waals surface area contributed by atoms with Crippen molar-refractivity contribution in [3.8, 4) is 0 Å². The summed E-state index contributed by atoms with van der Waals surface area (Å²) in [7, 11) is 1.90. The van der Waals surface area contributed by atoms with Crippen LogP contribution < -0.4 is 5.32 Å². The van der Waals surface area contributed by atoms with Crippen LogP contribution in [0.1, 0.15) is 18.4 Å². The summed E-state index contributed by atoms with van der Waals surface area (Å²) in [6.07, 6.45) is 2.84. The monoisotopic (exact) mass is 205 g/mol. The molecule has 4 heteroatoms. The van der Waals surface area contributed by atoms with E-state index in [1.54, 1.807) is 4.68 Å². The van der Waals surface area contributed by atoms with E-state index in [2.05, 4.69) is 17.3 Å². The molecule has 2 aromatic rings. The minimum Gasteiger partial charge on any atom is -0.464 e. The number of aromatic nitrogens is 2. The Morgan fingerprint density at radius 3 is 2.73 bits per heavy atom. The van der Waals surface area contributed by atoms with Gasteiger partial charge in [-0.3, -0.25) is 4.68 Å². The van der Waals surface area contributed by atoms with Crippen LogP contribution in [0.15, 0.2) is 28.8 Å². The molecule has 0 aliphatic carbocycles. The van der Waals surface area contributed by atoms with Crippen LogP contribution in [0.25, 0.3) is 0 Å². The average Bonchev–Trinajstić information content (AvgIpc) is 2.83. The summed E-state index contributed by atoms with van der Waals surface area (Å²) >= 11 is 0. The molecule has 0 aromatic carbocycles. The van der Waals surface area contributed by atoms with E-state index in [0.29, 0.717) is 6.54 Å². The van der Waals surface area contributed by atoms with Gasteiger partial charge in [0.05, 0.1) is 6.54 Å². The van der Waals surface area contributed by atoms with Gasteiger partial charge < -0.3 is 9.73 Å². The van der Waals surface area contributed by atoms with Crippen molar-refractivity contribution in [2.45, 2.75) is 19.9 Å². The molecule has 0 saturated carbocycles. The van der Waals surface area contributed by atoms with Crippen molar-refractivity contribution in [2.24, 2.45) is 7.05 Å². The fourth-order valence-corrected chi connectivity index (χ4v) is 1.39. The maximum absolute atomic E-state index is 5.56. The minimum absolute atomic E-state index is 0.678. The Bertz CT molecular complexity index is 430. The minimum atomic E-state index is 0.678. The molecule has 0 saturated heterocycles. The molecular formula is C11H15N3O. The molecule has 2 rings (SSSR count). The van der Waals surface area contributed by atoms with Crippen molar-refractivity contribution in [1.82, 2.24) is 9.78 Å². The number of aryl methyl sites for hydroxylation is 2. The summed E-state index contributed by atoms with van der Waals surface area (Å²) in [6, 6.07) is 5.94. The van der Waals surface area contributed by atoms with Gasteiger partial charge in [0.25, 0.3) is 0 Å². The lowest BCUT2D eigenvalue weighted by atomic mass is 10.3. The van der Waals surface area contributed by atoms with Crippen LogP contribution in [0.4, 0.5) is 5.82 Å². The third-order valence-corrected chi connectivity index (χ3v) is 2.22. The van der Waals surface area contributed by atoms with Crippen LogP contribution in [0, 0.1) is 0 Å². The van der Waals surface area contributed by atoms with E-state index >= 15 is 0 Å². The maximum Gasteiger partial charge on any atom is 0.148 e. The average molecular weight is 205 g/mol. The third kappa shape index (κ3) is 2.40. The van der Waals surface area contributed by atoms with Crippen LogP contribution in [0.5, 0.6) is 0 Å². The van der Waals surface area contributed by atoms with Gasteiger partial charge in [0.15, 0.2) is 0 Å². The second-order valence-electron chi connectivity index (χ2n) is 3.45. The summed E-state index contributed by atoms with van der Waals surface area (Å²) in [5.41, 5.74) is 0. The SMILES string of the molecule is CCc1ccc(CNc2ccn(C)n2)o1. The van der Waals surface area contributed by atoms with Gasteiger partial charge in [0.1, 0.15) is 17.3 Å². The second-order valence-corrected chi connectivity index (χ2v) is 3.45. The smallest absolute Gasteiger partial charge is 0.148 e. The lowest BCUT2D eigenvalue weighted by Gasteiger charge is -1.99. The summed E-state index contributed by atoms with van der Waals surface area (Å²) in [5, 5.41) is 7.41. The van der Waals surface area contributed by atoms with Gasteiger partial charge in [0, 0.05) is 25.7 Å². The zero-order valence-corrected chi connectivity index (χ0v) is 9.03. The van der Waals surface area contributed by atoms with Gasteiger partial charge in [-0.15, -0.1) is 0 Å². The Balaban J connectivity index is 1.93. The highest BCUT2D eigenvalue weighted by atomic mass is 16.3. The molecule has 0 spiro atoms. The van der Waals surface area contributed by atoms with E-state index in [-0.39, 0.29) is 0 Å². The van der Waals surface area contributed by atoms with Gasteiger partial charge in [-0.25, -0.2) is 0 Å². The fourth-order valence-electron chi connectivity index (χ4n) is 1.39. The molecule has 0 radical (unpaired) electrons. The van der Waals surface area contributed by atoms with Crippen molar-refractivity contribution >= 4 is 5.82 Å². The molecule has 2 heterocycles. The largest absolute Gasteiger partial charge is 0.464 e. The number of anilines is 1. The number of nitrogens with one attached hydrogen (secondary N) is 1. The van der Waals surface area contributed by atoms with E-state index in [0.717, 1.165) is 23.8 Å². The summed E-state index contributed by atoms with van der Waals surface area (Å²) in [6.45, 7) is 2.76. The second kappa shape index (κ2) is 4.21. The van der Waals surface area contributed by atoms with Crippen LogP contribution in [-0.4, -0.2) is 9.78 Å². The van der Waals surface area contributed by atoms with E-state index in [9.17, 15) is 0 Å². The predicted octanol–water partition coefficient (Wildman–Crippen LogP) is 2.19. The predicted molar refractivity (Wildman–Crippen MR) is 58.6 cm³/mol. The highest BCUT2D eigenvalue weighted by Crippen LogP contribution is 2.10. The number of rotatable bonds is 4. The Kier molecular flexibility index (Phi) is 2.76. The normalized spacial score (nSPS) is 10.5. The van der Waals surface area contributed by atoms with E-state index in [1.165, 1.54) is 0 Å². The lowest BCUT2D eigenvalue weighted by Crippen LogP contribution is -1.99. The first-order chi connectivity index (χ1) is 7.28. The fraction of sp³-hybridized carbons (Fsp3) is 0.364. The van der Waals surface area contributed by atoms with Crippen LogP contribution >= 0.6 is 0 Å². The Labute approximate surface area is 88.9 Å². The lowest BCUT2D eigenvalue weighted by molar-refractivity contribution is 0.475. The van der Waals surface area contributed by atoms with Crippen molar-refractivity contribution in [2.75, 3.05) is 5.32 Å². The Morgan fingerprint density at radius 1 is 1.33 bits per heavy atom. The Morgan fingerprint density at radius 2 is 2.13 bits per heavy atom. The van der Waals surface area contributed by atoms with Crippen LogP contribution in [0.2, 0.25) is 0 Å². The molecule has 0 unspecified atom stereocenters. The number of furan rings is 1. The molecule has 2 aromatic heterocycles. The van der Waals surface area contributed by atoms with Gasteiger partial charge >= 0.3 is 0 Å². The first-order valence-electron chi connectivity index (χ1n) is 5.09. The number of hydrogen-bond donors (Lipinski definition) is 1. The molecule has 0 atom stereocenters. The molecule has 0 amide bonds. The van der Waals surface area contributed by atoms with Crippen molar-refractivity contribution < 1.29 is 4.42 Å². The highest BCUT2D eigenvalue weighted by molar-refractivity contribution is 5.32. The Hall–Kier alpha value is -1.71. The van der Waals surface area contributed by atoms with Gasteiger partial charge in [0.2, 0.25) is 0 Å². The van der Waals surface area contributed by atoms with Crippen LogP contribution in [0.3, 0.4) is 0 Å². The first-order valence-corrected chi connectivity index (χ1v) is 5.09. The highest BCUT2D eigenvalue weighted by Gasteiger charge is 2.01. The first kappa shape index (κ1) is 9.83. The van der Waals surface area contributed by atoms with Gasteiger partial charge in [-0.05, 0) is 12.1 Å². The standard InChI is InChI=1S/C11H15N3O/c1-3-9-4-5-10(15-9)8-12-11-6-7-14(2)13-11/h4-7H,3,8H2,1-2H3,(H,12,13). The maximum atomic E-state index is 5.56. The summed E-state index contributed by atoms with van der Waals surface area (Å²) < 4.78 is 7.33. The molecule has 0 fully saturated rings.